The summed E-state index contributed by atoms with van der Waals surface area (Å²) >= 11 is 0. The average molecular weight is 236 g/mol. The van der Waals surface area contributed by atoms with Crippen LogP contribution in [0.2, 0.25) is 0 Å². The smallest absolute Gasteiger partial charge is 0.352 e. The normalized spacial score (nSPS) is 22.2. The Labute approximate surface area is 99.4 Å². The van der Waals surface area contributed by atoms with Gasteiger partial charge in [0.15, 0.2) is 0 Å². The van der Waals surface area contributed by atoms with Crippen LogP contribution in [0.3, 0.4) is 0 Å². The predicted molar refractivity (Wildman–Crippen MR) is 61.7 cm³/mol. The second-order valence-electron chi connectivity index (χ2n) is 4.40. The topological polar surface area (TPSA) is 71.3 Å². The largest absolute Gasteiger partial charge is 0.477 e. The minimum atomic E-state index is -1.01. The molecule has 0 spiro atoms. The molecule has 1 aliphatic rings. The summed E-state index contributed by atoms with van der Waals surface area (Å²) in [6.45, 7) is 2.17. The van der Waals surface area contributed by atoms with Crippen molar-refractivity contribution >= 4 is 11.9 Å². The predicted octanol–water partition coefficient (Wildman–Crippen LogP) is 1.10. The monoisotopic (exact) mass is 236 g/mol. The highest BCUT2D eigenvalue weighted by molar-refractivity contribution is 5.87. The van der Waals surface area contributed by atoms with E-state index in [4.69, 9.17) is 5.11 Å². The minimum Gasteiger partial charge on any atom is -0.477 e. The summed E-state index contributed by atoms with van der Waals surface area (Å²) in [6.07, 6.45) is 3.72. The number of carboxylic acid groups (broad SMARTS) is 1. The molecular weight excluding hydrogens is 220 g/mol. The molecule has 0 radical (unpaired) electrons. The Morgan fingerprint density at radius 3 is 2.94 bits per heavy atom. The fourth-order valence-electron chi connectivity index (χ4n) is 2.03. The zero-order chi connectivity index (χ0) is 12.4. The van der Waals surface area contributed by atoms with Gasteiger partial charge in [0.25, 0.3) is 0 Å². The molecule has 2 unspecified atom stereocenters. The van der Waals surface area contributed by atoms with E-state index in [0.29, 0.717) is 5.92 Å². The lowest BCUT2D eigenvalue weighted by Gasteiger charge is -2.07. The number of aromatic nitrogens is 1. The third-order valence-electron chi connectivity index (χ3n) is 3.16. The van der Waals surface area contributed by atoms with Gasteiger partial charge in [-0.25, -0.2) is 4.79 Å². The Bertz CT molecular complexity index is 439. The van der Waals surface area contributed by atoms with Gasteiger partial charge in [0.05, 0.1) is 0 Å². The number of carbonyl (C=O) groups excluding carboxylic acids is 1. The van der Waals surface area contributed by atoms with Crippen LogP contribution in [0.15, 0.2) is 18.3 Å². The Morgan fingerprint density at radius 2 is 2.35 bits per heavy atom. The van der Waals surface area contributed by atoms with Crippen molar-refractivity contribution < 1.29 is 14.7 Å². The lowest BCUT2D eigenvalue weighted by Crippen LogP contribution is -2.31. The molecule has 0 aliphatic heterocycles. The van der Waals surface area contributed by atoms with Crippen molar-refractivity contribution in [2.24, 2.45) is 5.92 Å². The number of nitrogens with zero attached hydrogens (tertiary/aromatic N) is 1. The van der Waals surface area contributed by atoms with Gasteiger partial charge in [-0.05, 0) is 24.5 Å². The molecule has 2 rings (SSSR count). The highest BCUT2D eigenvalue weighted by atomic mass is 16.4. The molecule has 1 heterocycles. The lowest BCUT2D eigenvalue weighted by atomic mass is 10.3. The van der Waals surface area contributed by atoms with E-state index >= 15 is 0 Å². The van der Waals surface area contributed by atoms with Crippen LogP contribution in [0.1, 0.15) is 30.3 Å². The van der Waals surface area contributed by atoms with Crippen LogP contribution in [-0.2, 0) is 11.3 Å². The number of rotatable bonds is 5. The molecule has 1 aromatic rings. The van der Waals surface area contributed by atoms with E-state index in [-0.39, 0.29) is 24.2 Å². The maximum atomic E-state index is 11.7. The first-order chi connectivity index (χ1) is 8.11. The van der Waals surface area contributed by atoms with Gasteiger partial charge in [-0.15, -0.1) is 0 Å². The lowest BCUT2D eigenvalue weighted by molar-refractivity contribution is -0.121. The van der Waals surface area contributed by atoms with Gasteiger partial charge in [-0.3, -0.25) is 4.79 Å². The maximum Gasteiger partial charge on any atom is 0.352 e. The Balaban J connectivity index is 1.90. The first-order valence-corrected chi connectivity index (χ1v) is 5.79. The first kappa shape index (κ1) is 11.7. The number of aromatic carboxylic acids is 1. The molecule has 1 saturated carbocycles. The number of carbonyl (C=O) groups is 2. The zero-order valence-corrected chi connectivity index (χ0v) is 9.72. The summed E-state index contributed by atoms with van der Waals surface area (Å²) in [7, 11) is 0. The molecule has 2 N–H and O–H groups in total. The highest BCUT2D eigenvalue weighted by Crippen LogP contribution is 2.32. The third-order valence-corrected chi connectivity index (χ3v) is 3.16. The molecule has 1 aromatic heterocycles. The van der Waals surface area contributed by atoms with Gasteiger partial charge in [0, 0.05) is 12.2 Å². The quantitative estimate of drug-likeness (QED) is 0.804. The maximum absolute atomic E-state index is 11.7. The van der Waals surface area contributed by atoms with Crippen molar-refractivity contribution in [2.45, 2.75) is 32.4 Å². The van der Waals surface area contributed by atoms with Crippen LogP contribution in [0.4, 0.5) is 0 Å². The number of hydrogen-bond acceptors (Lipinski definition) is 2. The summed E-state index contributed by atoms with van der Waals surface area (Å²) in [5.74, 6) is -0.534. The molecule has 2 atom stereocenters. The third kappa shape index (κ3) is 2.67. The molecule has 1 aliphatic carbocycles. The molecule has 0 saturated heterocycles. The van der Waals surface area contributed by atoms with Crippen molar-refractivity contribution in [1.29, 1.82) is 0 Å². The summed E-state index contributed by atoms with van der Waals surface area (Å²) in [4.78, 5) is 22.5. The molecule has 1 amide bonds. The molecule has 0 aromatic carbocycles. The Hall–Kier alpha value is -1.78. The molecule has 92 valence electrons. The van der Waals surface area contributed by atoms with Gasteiger partial charge >= 0.3 is 5.97 Å². The van der Waals surface area contributed by atoms with Crippen LogP contribution in [0.25, 0.3) is 0 Å². The van der Waals surface area contributed by atoms with Gasteiger partial charge < -0.3 is 15.0 Å². The van der Waals surface area contributed by atoms with E-state index < -0.39 is 5.97 Å². The number of nitrogens with one attached hydrogen (secondary N) is 1. The minimum absolute atomic E-state index is 0.0710. The van der Waals surface area contributed by atoms with Gasteiger partial charge in [0.2, 0.25) is 5.91 Å². The van der Waals surface area contributed by atoms with E-state index in [1.807, 2.05) is 0 Å². The van der Waals surface area contributed by atoms with E-state index in [1.54, 1.807) is 12.3 Å². The average Bonchev–Trinajstić information content (AvgIpc) is 2.84. The van der Waals surface area contributed by atoms with Crippen LogP contribution in [-0.4, -0.2) is 27.6 Å². The zero-order valence-electron chi connectivity index (χ0n) is 9.72. The molecule has 1 fully saturated rings. The van der Waals surface area contributed by atoms with E-state index in [1.165, 1.54) is 10.6 Å². The SMILES string of the molecule is CCC1CC1NC(=O)Cn1cccc1C(=O)O. The van der Waals surface area contributed by atoms with E-state index in [0.717, 1.165) is 12.8 Å². The molecule has 17 heavy (non-hydrogen) atoms. The summed E-state index contributed by atoms with van der Waals surface area (Å²) in [5, 5.41) is 11.8. The fourth-order valence-corrected chi connectivity index (χ4v) is 2.03. The standard InChI is InChI=1S/C12H16N2O3/c1-2-8-6-9(8)13-11(15)7-14-5-3-4-10(14)12(16)17/h3-5,8-9H,2,6-7H2,1H3,(H,13,15)(H,16,17). The van der Waals surface area contributed by atoms with Crippen LogP contribution < -0.4 is 5.32 Å². The number of carboxylic acids is 1. The number of hydrogen-bond donors (Lipinski definition) is 2. The van der Waals surface area contributed by atoms with E-state index in [9.17, 15) is 9.59 Å². The molecule has 5 nitrogen and oxygen atoms in total. The van der Waals surface area contributed by atoms with Crippen LogP contribution >= 0.6 is 0 Å². The second-order valence-corrected chi connectivity index (χ2v) is 4.40. The van der Waals surface area contributed by atoms with Gasteiger partial charge in [-0.1, -0.05) is 13.3 Å². The summed E-state index contributed by atoms with van der Waals surface area (Å²) in [6, 6.07) is 3.40. The number of amides is 1. The van der Waals surface area contributed by atoms with Crippen molar-refractivity contribution in [3.8, 4) is 0 Å². The van der Waals surface area contributed by atoms with Crippen molar-refractivity contribution in [3.05, 3.63) is 24.0 Å². The van der Waals surface area contributed by atoms with Crippen molar-refractivity contribution in [1.82, 2.24) is 9.88 Å². The molecule has 0 bridgehead atoms. The molecule has 5 heteroatoms. The van der Waals surface area contributed by atoms with E-state index in [2.05, 4.69) is 12.2 Å². The van der Waals surface area contributed by atoms with Crippen LogP contribution in [0, 0.1) is 5.92 Å². The van der Waals surface area contributed by atoms with Gasteiger partial charge in [0.1, 0.15) is 12.2 Å². The Morgan fingerprint density at radius 1 is 1.59 bits per heavy atom. The second kappa shape index (κ2) is 4.61. The molecular formula is C12H16N2O3. The van der Waals surface area contributed by atoms with Crippen LogP contribution in [0.5, 0.6) is 0 Å². The Kier molecular flexibility index (Phi) is 3.17. The van der Waals surface area contributed by atoms with Gasteiger partial charge in [-0.2, -0.15) is 0 Å². The highest BCUT2D eigenvalue weighted by Gasteiger charge is 2.36. The van der Waals surface area contributed by atoms with Crippen molar-refractivity contribution in [2.75, 3.05) is 0 Å². The summed E-state index contributed by atoms with van der Waals surface area (Å²) in [5.41, 5.74) is 0.142. The van der Waals surface area contributed by atoms with Crippen molar-refractivity contribution in [3.63, 3.8) is 0 Å². The summed E-state index contributed by atoms with van der Waals surface area (Å²) < 4.78 is 1.45. The first-order valence-electron chi connectivity index (χ1n) is 5.79. The fraction of sp³-hybridized carbons (Fsp3) is 0.500.